The van der Waals surface area contributed by atoms with E-state index in [1.165, 1.54) is 0 Å². The first-order valence-corrected chi connectivity index (χ1v) is 6.13. The summed E-state index contributed by atoms with van der Waals surface area (Å²) in [5.74, 6) is 0.685. The van der Waals surface area contributed by atoms with Crippen LogP contribution in [0.4, 0.5) is 0 Å². The molecule has 0 aliphatic heterocycles. The van der Waals surface area contributed by atoms with Crippen molar-refractivity contribution in [2.45, 2.75) is 58.0 Å². The van der Waals surface area contributed by atoms with Gasteiger partial charge in [-0.1, -0.05) is 13.8 Å². The van der Waals surface area contributed by atoms with Gasteiger partial charge in [0, 0.05) is 18.4 Å². The molecule has 3 fully saturated rings. The van der Waals surface area contributed by atoms with Gasteiger partial charge in [-0.05, 0) is 38.5 Å². The molecule has 3 saturated carbocycles. The molecular formula is C13H22O2. The predicted octanol–water partition coefficient (Wildman–Crippen LogP) is 2.95. The van der Waals surface area contributed by atoms with E-state index in [1.807, 2.05) is 21.0 Å². The molecule has 3 rings (SSSR count). The molecule has 2 bridgehead atoms. The second-order valence-electron chi connectivity index (χ2n) is 5.69. The van der Waals surface area contributed by atoms with Crippen molar-refractivity contribution in [3.63, 3.8) is 0 Å². The third-order valence-corrected chi connectivity index (χ3v) is 4.66. The van der Waals surface area contributed by atoms with Crippen LogP contribution in [0.5, 0.6) is 0 Å². The molecule has 0 atom stereocenters. The second-order valence-corrected chi connectivity index (χ2v) is 5.69. The summed E-state index contributed by atoms with van der Waals surface area (Å²) in [6, 6.07) is 0. The molecule has 0 saturated heterocycles. The molecule has 0 amide bonds. The first-order valence-electron chi connectivity index (χ1n) is 6.13. The van der Waals surface area contributed by atoms with E-state index >= 15 is 0 Å². The van der Waals surface area contributed by atoms with Gasteiger partial charge < -0.3 is 4.74 Å². The van der Waals surface area contributed by atoms with Gasteiger partial charge in [-0.2, -0.15) is 0 Å². The molecule has 0 N–H and O–H groups in total. The molecule has 0 unspecified atom stereocenters. The largest absolute Gasteiger partial charge is 0.378 e. The maximum Gasteiger partial charge on any atom is 0.141 e. The Bertz CT molecular complexity index is 243. The zero-order valence-corrected chi connectivity index (χ0v) is 10.1. The molecule has 3 aliphatic rings. The van der Waals surface area contributed by atoms with Crippen molar-refractivity contribution in [1.29, 1.82) is 0 Å². The minimum absolute atomic E-state index is 0.0223. The number of carbonyl (C=O) groups is 1. The lowest BCUT2D eigenvalue weighted by molar-refractivity contribution is -0.153. The molecule has 0 radical (unpaired) electrons. The van der Waals surface area contributed by atoms with Crippen molar-refractivity contribution in [1.82, 2.24) is 0 Å². The number of rotatable bonds is 3. The zero-order chi connectivity index (χ0) is 11.1. The standard InChI is InChI=1S/C13H22O2/c1-10(2)11(14)12-4-7-13(15-3,8-5-12)9-6-12/h10H,4-9H2,1-3H3. The van der Waals surface area contributed by atoms with Gasteiger partial charge in [0.15, 0.2) is 0 Å². The fourth-order valence-electron chi connectivity index (χ4n) is 3.44. The average Bonchev–Trinajstić information content (AvgIpc) is 2.30. The molecule has 0 aromatic rings. The average molecular weight is 210 g/mol. The first-order chi connectivity index (χ1) is 7.04. The smallest absolute Gasteiger partial charge is 0.141 e. The van der Waals surface area contributed by atoms with Crippen LogP contribution in [0, 0.1) is 11.3 Å². The first kappa shape index (κ1) is 11.1. The Labute approximate surface area is 92.4 Å². The van der Waals surface area contributed by atoms with E-state index in [4.69, 9.17) is 4.74 Å². The third-order valence-electron chi connectivity index (χ3n) is 4.66. The molecule has 2 nitrogen and oxygen atoms in total. The highest BCUT2D eigenvalue weighted by Gasteiger charge is 2.52. The zero-order valence-electron chi connectivity index (χ0n) is 10.1. The van der Waals surface area contributed by atoms with Gasteiger partial charge in [0.2, 0.25) is 0 Å². The Morgan fingerprint density at radius 3 is 1.87 bits per heavy atom. The highest BCUT2D eigenvalue weighted by Crippen LogP contribution is 2.54. The highest BCUT2D eigenvalue weighted by molar-refractivity contribution is 5.86. The minimum Gasteiger partial charge on any atom is -0.378 e. The summed E-state index contributed by atoms with van der Waals surface area (Å²) in [5.41, 5.74) is 0.146. The van der Waals surface area contributed by atoms with E-state index in [0.717, 1.165) is 38.5 Å². The number of hydrogen-bond acceptors (Lipinski definition) is 2. The Morgan fingerprint density at radius 1 is 1.07 bits per heavy atom. The lowest BCUT2D eigenvalue weighted by Crippen LogP contribution is -2.51. The van der Waals surface area contributed by atoms with Crippen LogP contribution in [0.2, 0.25) is 0 Å². The van der Waals surface area contributed by atoms with E-state index in [0.29, 0.717) is 5.78 Å². The van der Waals surface area contributed by atoms with Crippen LogP contribution in [-0.4, -0.2) is 18.5 Å². The maximum atomic E-state index is 12.2. The summed E-state index contributed by atoms with van der Waals surface area (Å²) >= 11 is 0. The Hall–Kier alpha value is -0.370. The van der Waals surface area contributed by atoms with Gasteiger partial charge in [0.25, 0.3) is 0 Å². The Morgan fingerprint density at radius 2 is 1.53 bits per heavy atom. The fourth-order valence-corrected chi connectivity index (χ4v) is 3.44. The molecule has 86 valence electrons. The van der Waals surface area contributed by atoms with Crippen molar-refractivity contribution in [2.24, 2.45) is 11.3 Å². The molecule has 3 aliphatic carbocycles. The monoisotopic (exact) mass is 210 g/mol. The number of fused-ring (bicyclic) bond motifs is 3. The molecule has 2 heteroatoms. The Kier molecular flexibility index (Phi) is 2.66. The van der Waals surface area contributed by atoms with Crippen LogP contribution in [0.1, 0.15) is 52.4 Å². The van der Waals surface area contributed by atoms with Crippen molar-refractivity contribution >= 4 is 5.78 Å². The van der Waals surface area contributed by atoms with Crippen molar-refractivity contribution in [3.05, 3.63) is 0 Å². The number of carbonyl (C=O) groups excluding carboxylic acids is 1. The van der Waals surface area contributed by atoms with Crippen LogP contribution < -0.4 is 0 Å². The van der Waals surface area contributed by atoms with Crippen molar-refractivity contribution in [2.75, 3.05) is 7.11 Å². The highest BCUT2D eigenvalue weighted by atomic mass is 16.5. The summed E-state index contributed by atoms with van der Waals surface area (Å²) in [5, 5.41) is 0. The summed E-state index contributed by atoms with van der Waals surface area (Å²) in [6.07, 6.45) is 6.42. The summed E-state index contributed by atoms with van der Waals surface area (Å²) in [4.78, 5) is 12.2. The summed E-state index contributed by atoms with van der Waals surface area (Å²) in [7, 11) is 1.82. The number of ether oxygens (including phenoxy) is 1. The quantitative estimate of drug-likeness (QED) is 0.716. The van der Waals surface area contributed by atoms with Crippen molar-refractivity contribution in [3.8, 4) is 0 Å². The SMILES string of the molecule is COC12CCC(C(=O)C(C)C)(CC1)CC2. The van der Waals surface area contributed by atoms with Crippen LogP contribution >= 0.6 is 0 Å². The third kappa shape index (κ3) is 1.63. The number of methoxy groups -OCH3 is 1. The van der Waals surface area contributed by atoms with Gasteiger partial charge >= 0.3 is 0 Å². The number of Topliss-reactive ketones (excluding diaryl/α,β-unsaturated/α-hetero) is 1. The van der Waals surface area contributed by atoms with Gasteiger partial charge in [-0.3, -0.25) is 4.79 Å². The van der Waals surface area contributed by atoms with E-state index in [2.05, 4.69) is 0 Å². The topological polar surface area (TPSA) is 26.3 Å². The van der Waals surface area contributed by atoms with E-state index in [1.54, 1.807) is 0 Å². The van der Waals surface area contributed by atoms with Crippen LogP contribution in [0.15, 0.2) is 0 Å². The van der Waals surface area contributed by atoms with Gasteiger partial charge in [-0.25, -0.2) is 0 Å². The van der Waals surface area contributed by atoms with Gasteiger partial charge in [0.1, 0.15) is 5.78 Å². The van der Waals surface area contributed by atoms with E-state index < -0.39 is 0 Å². The molecule has 0 heterocycles. The van der Waals surface area contributed by atoms with Gasteiger partial charge in [0.05, 0.1) is 5.60 Å². The normalized spacial score (nSPS) is 39.7. The van der Waals surface area contributed by atoms with Gasteiger partial charge in [-0.15, -0.1) is 0 Å². The van der Waals surface area contributed by atoms with E-state index in [9.17, 15) is 4.79 Å². The van der Waals surface area contributed by atoms with Crippen molar-refractivity contribution < 1.29 is 9.53 Å². The van der Waals surface area contributed by atoms with E-state index in [-0.39, 0.29) is 16.9 Å². The maximum absolute atomic E-state index is 12.2. The lowest BCUT2D eigenvalue weighted by atomic mass is 9.56. The number of ketones is 1. The molecule has 0 aromatic carbocycles. The Balaban J connectivity index is 2.13. The summed E-state index contributed by atoms with van der Waals surface area (Å²) in [6.45, 7) is 4.06. The number of hydrogen-bond donors (Lipinski definition) is 0. The second kappa shape index (κ2) is 3.58. The fraction of sp³-hybridized carbons (Fsp3) is 0.923. The lowest BCUT2D eigenvalue weighted by Gasteiger charge is -2.52. The predicted molar refractivity (Wildman–Crippen MR) is 59.7 cm³/mol. The van der Waals surface area contributed by atoms with Crippen LogP contribution in [0.3, 0.4) is 0 Å². The van der Waals surface area contributed by atoms with Crippen LogP contribution in [0.25, 0.3) is 0 Å². The molecule has 0 spiro atoms. The molecular weight excluding hydrogens is 188 g/mol. The summed E-state index contributed by atoms with van der Waals surface area (Å²) < 4.78 is 5.64. The minimum atomic E-state index is 0.0223. The molecule has 15 heavy (non-hydrogen) atoms. The van der Waals surface area contributed by atoms with Crippen LogP contribution in [-0.2, 0) is 9.53 Å². The molecule has 0 aromatic heterocycles.